The molecule has 0 saturated carbocycles. The van der Waals surface area contributed by atoms with E-state index in [1.165, 1.54) is 225 Å². The highest BCUT2D eigenvalue weighted by Gasteiger charge is 2.24. The van der Waals surface area contributed by atoms with Crippen LogP contribution in [0.25, 0.3) is 186 Å². The molecule has 0 fully saturated rings. The van der Waals surface area contributed by atoms with Crippen molar-refractivity contribution in [2.75, 3.05) is 0 Å². The second kappa shape index (κ2) is 32.5. The number of para-hydroxylation sites is 1. The molecule has 0 aliphatic carbocycles. The van der Waals surface area contributed by atoms with E-state index in [1.807, 2.05) is 59.2 Å². The van der Waals surface area contributed by atoms with Crippen molar-refractivity contribution in [3.8, 4) is 101 Å². The lowest BCUT2D eigenvalue weighted by Gasteiger charge is -2.20. The average Bonchev–Trinajstić information content (AvgIpc) is 0.740. The maximum atomic E-state index is 6.37. The van der Waals surface area contributed by atoms with E-state index >= 15 is 0 Å². The van der Waals surface area contributed by atoms with Gasteiger partial charge in [0.1, 0.15) is 11.5 Å². The molecule has 23 aromatic rings. The summed E-state index contributed by atoms with van der Waals surface area (Å²) < 4.78 is 6.37. The van der Waals surface area contributed by atoms with E-state index < -0.39 is 0 Å². The molecule has 0 spiro atoms. The molecule has 0 atom stereocenters. The molecule has 0 bridgehead atoms. The molecule has 596 valence electrons. The third-order valence-corrected chi connectivity index (χ3v) is 31.3. The van der Waals surface area contributed by atoms with Gasteiger partial charge in [0.2, 0.25) is 0 Å². The number of fused-ring (bicyclic) bond motifs is 24. The lowest BCUT2D eigenvalue weighted by molar-refractivity contribution is 0.455. The topological polar surface area (TPSA) is 9.23 Å². The minimum atomic E-state index is 0.905. The van der Waals surface area contributed by atoms with Gasteiger partial charge >= 0.3 is 0 Å². The molecule has 0 N–H and O–H groups in total. The summed E-state index contributed by atoms with van der Waals surface area (Å²) in [5.41, 5.74) is 20.8. The Bertz CT molecular complexity index is 7980. The third kappa shape index (κ3) is 14.4. The Hall–Kier alpha value is -14.1. The van der Waals surface area contributed by atoms with E-state index in [-0.39, 0.29) is 0 Å². The van der Waals surface area contributed by atoms with Gasteiger partial charge in [-0.2, -0.15) is 0 Å². The molecule has 3 aliphatic heterocycles. The van der Waals surface area contributed by atoms with Gasteiger partial charge in [0, 0.05) is 39.2 Å². The normalized spacial score (nSPS) is 12.4. The quantitative estimate of drug-likeness (QED) is 0.139. The molecule has 6 heteroatoms. The maximum Gasteiger partial charge on any atom is 0.142 e. The van der Waals surface area contributed by atoms with Crippen LogP contribution < -0.4 is 4.74 Å². The first-order chi connectivity index (χ1) is 62.8. The molecule has 3 heterocycles. The Morgan fingerprint density at radius 3 is 0.677 bits per heavy atom. The Morgan fingerprint density at radius 2 is 0.339 bits per heavy atom. The summed E-state index contributed by atoms with van der Waals surface area (Å²) in [7, 11) is 0. The van der Waals surface area contributed by atoms with Crippen LogP contribution in [0.3, 0.4) is 0 Å². The van der Waals surface area contributed by atoms with Gasteiger partial charge in [-0.05, 0) is 332 Å². The van der Waals surface area contributed by atoms with Crippen molar-refractivity contribution >= 4 is 156 Å². The first kappa shape index (κ1) is 76.6. The molecule has 23 aromatic carbocycles. The van der Waals surface area contributed by atoms with Crippen LogP contribution in [-0.2, 0) is 0 Å². The van der Waals surface area contributed by atoms with Gasteiger partial charge in [-0.25, -0.2) is 0 Å². The zero-order chi connectivity index (χ0) is 84.0. The summed E-state index contributed by atoms with van der Waals surface area (Å²) in [5.74, 6) is 1.82. The van der Waals surface area contributed by atoms with Crippen LogP contribution in [0.1, 0.15) is 5.56 Å². The van der Waals surface area contributed by atoms with Gasteiger partial charge in [0.05, 0.1) is 9.79 Å². The Labute approximate surface area is 758 Å². The number of hydrogen-bond donors (Lipinski definition) is 0. The summed E-state index contributed by atoms with van der Waals surface area (Å²) in [6, 6.07) is 162. The number of hydrogen-bond acceptors (Lipinski definition) is 6. The summed E-state index contributed by atoms with van der Waals surface area (Å²) in [6.45, 7) is 2.20. The van der Waals surface area contributed by atoms with Crippen molar-refractivity contribution in [1.82, 2.24) is 0 Å². The highest BCUT2D eigenvalue weighted by molar-refractivity contribution is 8.05. The molecule has 0 saturated heterocycles. The van der Waals surface area contributed by atoms with Crippen LogP contribution >= 0.6 is 58.8 Å². The molecule has 0 amide bonds. The highest BCUT2D eigenvalue weighted by atomic mass is 32.2. The van der Waals surface area contributed by atoms with Crippen LogP contribution in [0.4, 0.5) is 0 Å². The predicted molar refractivity (Wildman–Crippen MR) is 545 cm³/mol. The molecule has 3 aliphatic rings. The first-order valence-corrected chi connectivity index (χ1v) is 47.2. The molecule has 1 nitrogen and oxygen atoms in total. The third-order valence-electron chi connectivity index (χ3n) is 25.1. The number of ether oxygens (including phenoxy) is 1. The second-order valence-electron chi connectivity index (χ2n) is 32.9. The first-order valence-electron chi connectivity index (χ1n) is 43.1. The van der Waals surface area contributed by atoms with Gasteiger partial charge in [-0.3, -0.25) is 0 Å². The van der Waals surface area contributed by atoms with Crippen LogP contribution in [-0.4, -0.2) is 0 Å². The molecule has 0 aromatic heterocycles. The van der Waals surface area contributed by atoms with Crippen molar-refractivity contribution in [2.45, 2.75) is 55.9 Å². The molecular weight excluding hydrogens is 1630 g/mol. The van der Waals surface area contributed by atoms with Crippen molar-refractivity contribution in [1.29, 1.82) is 0 Å². The molecule has 127 heavy (non-hydrogen) atoms. The zero-order valence-corrected chi connectivity index (χ0v) is 73.2. The second-order valence-corrected chi connectivity index (χ2v) is 38.3. The highest BCUT2D eigenvalue weighted by Crippen LogP contribution is 2.54. The fraction of sp³-hybridized carbons (Fsp3) is 0.00826. The van der Waals surface area contributed by atoms with Gasteiger partial charge in [-0.1, -0.05) is 368 Å². The largest absolute Gasteiger partial charge is 0.455 e. The molecule has 26 rings (SSSR count). The average molecular weight is 1710 g/mol. The lowest BCUT2D eigenvalue weighted by atomic mass is 9.90. The zero-order valence-electron chi connectivity index (χ0n) is 69.1. The molecular formula is C121H76OS5. The van der Waals surface area contributed by atoms with E-state index in [0.717, 1.165) is 26.9 Å². The Morgan fingerprint density at radius 1 is 0.126 bits per heavy atom. The lowest BCUT2D eigenvalue weighted by Crippen LogP contribution is -1.95. The summed E-state index contributed by atoms with van der Waals surface area (Å²) in [5, 5.41) is 23.4. The summed E-state index contributed by atoms with van der Waals surface area (Å²) in [6.07, 6.45) is 0. The summed E-state index contributed by atoms with van der Waals surface area (Å²) in [4.78, 5) is 13.0. The smallest absolute Gasteiger partial charge is 0.142 e. The number of aryl methyl sites for hydroxylation is 1. The van der Waals surface area contributed by atoms with Gasteiger partial charge < -0.3 is 4.74 Å². The Kier molecular flexibility index (Phi) is 19.6. The van der Waals surface area contributed by atoms with Crippen molar-refractivity contribution < 1.29 is 4.74 Å². The van der Waals surface area contributed by atoms with Crippen molar-refractivity contribution in [3.05, 3.63) is 448 Å². The van der Waals surface area contributed by atoms with Crippen LogP contribution in [0.2, 0.25) is 0 Å². The van der Waals surface area contributed by atoms with Gasteiger partial charge in [-0.15, -0.1) is 0 Å². The van der Waals surface area contributed by atoms with Crippen LogP contribution in [0, 0.1) is 6.92 Å². The van der Waals surface area contributed by atoms with Crippen molar-refractivity contribution in [3.63, 3.8) is 0 Å². The van der Waals surface area contributed by atoms with E-state index in [1.54, 1.807) is 11.8 Å². The van der Waals surface area contributed by atoms with E-state index in [9.17, 15) is 0 Å². The van der Waals surface area contributed by atoms with E-state index in [4.69, 9.17) is 4.74 Å². The van der Waals surface area contributed by atoms with Gasteiger partial charge in [0.15, 0.2) is 0 Å². The maximum absolute atomic E-state index is 6.37. The number of rotatable bonds is 8. The van der Waals surface area contributed by atoms with Crippen LogP contribution in [0.15, 0.2) is 492 Å². The van der Waals surface area contributed by atoms with Crippen molar-refractivity contribution in [2.24, 2.45) is 0 Å². The monoisotopic (exact) mass is 1700 g/mol. The van der Waals surface area contributed by atoms with Gasteiger partial charge in [0.25, 0.3) is 0 Å². The Balaban J connectivity index is 0.000000107. The van der Waals surface area contributed by atoms with E-state index in [2.05, 4.69) is 438 Å². The molecule has 0 unspecified atom stereocenters. The number of benzene rings is 23. The van der Waals surface area contributed by atoms with Crippen LogP contribution in [0.5, 0.6) is 11.5 Å². The van der Waals surface area contributed by atoms with E-state index in [0.29, 0.717) is 0 Å². The minimum absolute atomic E-state index is 0.905. The molecule has 0 radical (unpaired) electrons. The minimum Gasteiger partial charge on any atom is -0.455 e. The SMILES string of the molecule is Cc1cc(-c2ccc3c(c2)Sc2ccccc2S3)cc(-c2ccc3c4ccccc4c4ccccc4c3c2)c1.c1ccc(-c2cc(-c3ccc4c(c3)Oc3ccccc3S4)cc(-c3ccc4c5ccccc5c5ccccc5c4c3)c2)cc1.c1ccc(-c2cc(-c3ccc4c(c3)Sc3ccccc3S4)cc(-c3ccc4c5ccccc5c5ccccc5c4c3)c2)cc1. The summed E-state index contributed by atoms with van der Waals surface area (Å²) >= 11 is 9.26. The standard InChI is InChI=1S/C42H26OS.C42H26S2.C37H24S2/c1-2-10-27(11-3-1)30-22-31(24-32(23-30)29-19-21-42-40(26-29)43-39-16-8-9-17-41(39)44-42)28-18-20-37-35-14-5-4-12-33(35)34-13-6-7-15-36(34)38(37)25-28;1-2-10-27(11-3-1)30-22-31(24-32(23-30)29-19-21-41-42(26-29)44-40-17-9-8-16-39(40)43-41)28-18-20-37-35-14-5-4-12-33(35)34-13-6-7-15-36(34)38(37)25-28;1-23-18-26(20-27(19-23)25-15-17-36-37(22-25)39-35-13-7-6-12-34(35)38-36)24-14-16-32-30-10-3-2-8-28(30)29-9-4-5-11-31(29)33(32)21-24/h2*1-26H;2-22H,1H3. The fourth-order valence-electron chi connectivity index (χ4n) is 19.0. The predicted octanol–water partition coefficient (Wildman–Crippen LogP) is 36.6. The fourth-order valence-corrected chi connectivity index (χ4v) is 24.5.